The highest BCUT2D eigenvalue weighted by atomic mass is 32.2. The minimum Gasteiger partial charge on any atom is -0.345 e. The predicted molar refractivity (Wildman–Crippen MR) is 261 cm³/mol. The van der Waals surface area contributed by atoms with Crippen LogP contribution in [0.5, 0.6) is 0 Å². The molecular weight excluding hydrogens is 869 g/mol. The number of sulfone groups is 2. The molecule has 0 saturated heterocycles. The van der Waals surface area contributed by atoms with Crippen molar-refractivity contribution >= 4 is 53.3 Å². The fraction of sp³-hybridized carbons (Fsp3) is 0.231. The molecule has 0 bridgehead atoms. The number of aryl methyl sites for hydroxylation is 4. The van der Waals surface area contributed by atoms with Crippen molar-refractivity contribution in [3.05, 3.63) is 189 Å². The van der Waals surface area contributed by atoms with Crippen molar-refractivity contribution in [3.8, 4) is 0 Å². The molecule has 66 heavy (non-hydrogen) atoms. The monoisotopic (exact) mass is 922 g/mol. The average Bonchev–Trinajstić information content (AvgIpc) is 4.01. The number of nitrogens with zero attached hydrogens (tertiary/aromatic N) is 4. The van der Waals surface area contributed by atoms with E-state index in [-0.39, 0.29) is 21.9 Å². The number of rotatable bonds is 10. The van der Waals surface area contributed by atoms with Gasteiger partial charge in [0.2, 0.25) is 0 Å². The van der Waals surface area contributed by atoms with Crippen molar-refractivity contribution in [2.75, 3.05) is 12.5 Å². The standard InChI is InChI=1S/2C26H27N3O3S/c2*1-16-10-6-7-11-20(16)21(14-15-24(30)29-19(4)17(2)18(3)28-29)25-22-12-8-9-13-23(22)27-26(25)33(5,31)32/h2*6-15,21,27H,1-5H3/b2*15-14+/t2*21-/m11/s1. The van der Waals surface area contributed by atoms with Crippen LogP contribution in [0.25, 0.3) is 21.8 Å². The molecular formula is C52H54N6O6S2. The normalized spacial score (nSPS) is 13.1. The van der Waals surface area contributed by atoms with Crippen molar-refractivity contribution in [2.45, 2.75) is 77.3 Å². The smallest absolute Gasteiger partial charge is 0.270 e. The van der Waals surface area contributed by atoms with E-state index in [1.54, 1.807) is 12.2 Å². The van der Waals surface area contributed by atoms with E-state index in [1.807, 2.05) is 152 Å². The average molecular weight is 923 g/mol. The van der Waals surface area contributed by atoms with Crippen molar-refractivity contribution < 1.29 is 26.4 Å². The molecule has 4 heterocycles. The number of hydrogen-bond acceptors (Lipinski definition) is 8. The quantitative estimate of drug-likeness (QED) is 0.128. The second kappa shape index (κ2) is 18.5. The molecule has 0 aliphatic carbocycles. The number of allylic oxidation sites excluding steroid dienone is 4. The lowest BCUT2D eigenvalue weighted by atomic mass is 9.88. The Bertz CT molecular complexity index is 3240. The van der Waals surface area contributed by atoms with Crippen LogP contribution in [0.3, 0.4) is 0 Å². The van der Waals surface area contributed by atoms with E-state index in [4.69, 9.17) is 0 Å². The molecule has 8 rings (SSSR count). The topological polar surface area (TPSA) is 170 Å². The molecule has 2 N–H and O–H groups in total. The van der Waals surface area contributed by atoms with Gasteiger partial charge >= 0.3 is 0 Å². The summed E-state index contributed by atoms with van der Waals surface area (Å²) in [6, 6.07) is 30.6. The Morgan fingerprint density at radius 3 is 1.17 bits per heavy atom. The molecule has 12 nitrogen and oxygen atoms in total. The number of para-hydroxylation sites is 2. The second-order valence-corrected chi connectivity index (χ2v) is 20.8. The number of aromatic amines is 2. The maximum absolute atomic E-state index is 13.1. The van der Waals surface area contributed by atoms with Crippen LogP contribution < -0.4 is 0 Å². The Balaban J connectivity index is 0.000000196. The third-order valence-electron chi connectivity index (χ3n) is 12.4. The number of aromatic nitrogens is 6. The molecule has 2 atom stereocenters. The van der Waals surface area contributed by atoms with Gasteiger partial charge in [-0.15, -0.1) is 0 Å². The molecule has 0 radical (unpaired) electrons. The van der Waals surface area contributed by atoms with Gasteiger partial charge in [0.25, 0.3) is 11.8 Å². The Hall–Kier alpha value is -6.90. The molecule has 0 amide bonds. The third kappa shape index (κ3) is 9.29. The van der Waals surface area contributed by atoms with Crippen LogP contribution in [-0.2, 0) is 19.7 Å². The van der Waals surface area contributed by atoms with E-state index in [0.717, 1.165) is 78.0 Å². The van der Waals surface area contributed by atoms with Crippen LogP contribution in [0.4, 0.5) is 0 Å². The zero-order valence-corrected chi connectivity index (χ0v) is 40.4. The molecule has 8 aromatic rings. The first kappa shape index (κ1) is 47.1. The maximum atomic E-state index is 13.1. The summed E-state index contributed by atoms with van der Waals surface area (Å²) in [5.74, 6) is -1.45. The summed E-state index contributed by atoms with van der Waals surface area (Å²) in [5, 5.41) is 10.7. The third-order valence-corrected chi connectivity index (χ3v) is 14.5. The zero-order chi connectivity index (χ0) is 47.8. The molecule has 0 unspecified atom stereocenters. The lowest BCUT2D eigenvalue weighted by Crippen LogP contribution is -2.13. The summed E-state index contributed by atoms with van der Waals surface area (Å²) in [7, 11) is -7.11. The molecule has 0 aliphatic heterocycles. The molecule has 0 saturated carbocycles. The van der Waals surface area contributed by atoms with Gasteiger partial charge in [0, 0.05) is 80.8 Å². The Morgan fingerprint density at radius 2 is 0.848 bits per heavy atom. The molecule has 14 heteroatoms. The maximum Gasteiger partial charge on any atom is 0.270 e. The van der Waals surface area contributed by atoms with Crippen LogP contribution in [-0.4, -0.2) is 70.7 Å². The fourth-order valence-electron chi connectivity index (χ4n) is 8.43. The van der Waals surface area contributed by atoms with E-state index < -0.39 is 31.5 Å². The molecule has 0 fully saturated rings. The van der Waals surface area contributed by atoms with Crippen molar-refractivity contribution in [3.63, 3.8) is 0 Å². The first-order chi connectivity index (χ1) is 31.2. The number of nitrogens with one attached hydrogen (secondary N) is 2. The van der Waals surface area contributed by atoms with Gasteiger partial charge in [-0.3, -0.25) is 9.59 Å². The van der Waals surface area contributed by atoms with Crippen LogP contribution in [0.2, 0.25) is 0 Å². The second-order valence-electron chi connectivity index (χ2n) is 16.8. The number of hydrogen-bond donors (Lipinski definition) is 2. The van der Waals surface area contributed by atoms with Crippen LogP contribution >= 0.6 is 0 Å². The number of carbonyl (C=O) groups is 2. The van der Waals surface area contributed by atoms with E-state index in [0.29, 0.717) is 11.1 Å². The SMILES string of the molecule is Cc1ccccc1[C@@H](/C=C/C(=O)n1nc(C)c(C)c1C)c1c(S(C)(=O)=O)[nH]c2ccccc12.Cc1ccccc1[C@@H](/C=C/C(=O)n1nc(C)c(C)c1C)c1c(S(C)(=O)=O)[nH]c2ccccc12. The number of benzene rings is 4. The van der Waals surface area contributed by atoms with Gasteiger partial charge < -0.3 is 9.97 Å². The van der Waals surface area contributed by atoms with Gasteiger partial charge in [-0.2, -0.15) is 10.2 Å². The summed E-state index contributed by atoms with van der Waals surface area (Å²) in [5.41, 5.74) is 11.8. The van der Waals surface area contributed by atoms with E-state index in [2.05, 4.69) is 20.2 Å². The van der Waals surface area contributed by atoms with Crippen molar-refractivity contribution in [2.24, 2.45) is 0 Å². The first-order valence-electron chi connectivity index (χ1n) is 21.4. The van der Waals surface area contributed by atoms with Gasteiger partial charge in [0.15, 0.2) is 19.7 Å². The first-order valence-corrected chi connectivity index (χ1v) is 25.2. The van der Waals surface area contributed by atoms with Crippen LogP contribution in [0.15, 0.2) is 131 Å². The highest BCUT2D eigenvalue weighted by Gasteiger charge is 2.29. The number of carbonyl (C=O) groups excluding carboxylic acids is 2. The minimum absolute atomic E-state index is 0.163. The van der Waals surface area contributed by atoms with Gasteiger partial charge in [-0.05, 0) is 101 Å². The Morgan fingerprint density at radius 1 is 0.515 bits per heavy atom. The van der Waals surface area contributed by atoms with E-state index in [9.17, 15) is 26.4 Å². The summed E-state index contributed by atoms with van der Waals surface area (Å²) < 4.78 is 53.8. The Kier molecular flexibility index (Phi) is 13.2. The van der Waals surface area contributed by atoms with Crippen LogP contribution in [0, 0.1) is 55.4 Å². The summed E-state index contributed by atoms with van der Waals surface area (Å²) in [6.45, 7) is 15.3. The minimum atomic E-state index is -3.55. The number of fused-ring (bicyclic) bond motifs is 2. The predicted octanol–water partition coefficient (Wildman–Crippen LogP) is 10.1. The van der Waals surface area contributed by atoms with Crippen molar-refractivity contribution in [1.82, 2.24) is 29.5 Å². The Labute approximate surface area is 385 Å². The lowest BCUT2D eigenvalue weighted by Gasteiger charge is -2.17. The lowest BCUT2D eigenvalue weighted by molar-refractivity contribution is 0.0943. The summed E-state index contributed by atoms with van der Waals surface area (Å²) >= 11 is 0. The van der Waals surface area contributed by atoms with Crippen molar-refractivity contribution in [1.29, 1.82) is 0 Å². The fourth-order valence-corrected chi connectivity index (χ4v) is 10.3. The van der Waals surface area contributed by atoms with Gasteiger partial charge in [0.05, 0.1) is 11.4 Å². The number of H-pyrrole nitrogens is 2. The summed E-state index contributed by atoms with van der Waals surface area (Å²) in [4.78, 5) is 32.3. The van der Waals surface area contributed by atoms with Gasteiger partial charge in [-0.1, -0.05) is 97.1 Å². The zero-order valence-electron chi connectivity index (χ0n) is 38.8. The molecule has 4 aromatic carbocycles. The van der Waals surface area contributed by atoms with Gasteiger partial charge in [0.1, 0.15) is 10.1 Å². The molecule has 0 aliphatic rings. The highest BCUT2D eigenvalue weighted by Crippen LogP contribution is 2.40. The molecule has 340 valence electrons. The molecule has 0 spiro atoms. The van der Waals surface area contributed by atoms with Crippen LogP contribution in [0.1, 0.15) is 88.7 Å². The highest BCUT2D eigenvalue weighted by molar-refractivity contribution is 7.91. The summed E-state index contributed by atoms with van der Waals surface area (Å²) in [6.07, 6.45) is 8.93. The molecule has 4 aromatic heterocycles. The van der Waals surface area contributed by atoms with E-state index in [1.165, 1.54) is 34.0 Å². The largest absolute Gasteiger partial charge is 0.345 e. The van der Waals surface area contributed by atoms with E-state index >= 15 is 0 Å². The van der Waals surface area contributed by atoms with Gasteiger partial charge in [-0.25, -0.2) is 26.2 Å².